The molecule has 0 atom stereocenters. The molecule has 1 aromatic carbocycles. The number of nitrogens with one attached hydrogen (secondary N) is 1. The third kappa shape index (κ3) is 2.48. The summed E-state index contributed by atoms with van der Waals surface area (Å²) in [6.45, 7) is 2.12. The monoisotopic (exact) mass is 246 g/mol. The predicted molar refractivity (Wildman–Crippen MR) is 65.0 cm³/mol. The number of aromatic hydroxyl groups is 1. The molecule has 0 saturated carbocycles. The molecule has 94 valence electrons. The van der Waals surface area contributed by atoms with Crippen molar-refractivity contribution in [3.8, 4) is 5.75 Å². The van der Waals surface area contributed by atoms with Crippen LogP contribution in [0, 0.1) is 6.92 Å². The summed E-state index contributed by atoms with van der Waals surface area (Å²) in [7, 11) is 1.67. The highest BCUT2D eigenvalue weighted by Crippen LogP contribution is 2.18. The number of aromatic amines is 1. The van der Waals surface area contributed by atoms with E-state index in [9.17, 15) is 9.90 Å². The van der Waals surface area contributed by atoms with Gasteiger partial charge in [-0.25, -0.2) is 4.98 Å². The van der Waals surface area contributed by atoms with Crippen LogP contribution in [0.3, 0.4) is 0 Å². The number of aryl methyl sites for hydroxylation is 1. The van der Waals surface area contributed by atoms with E-state index >= 15 is 0 Å². The molecule has 0 saturated heterocycles. The molecule has 0 radical (unpaired) electrons. The van der Waals surface area contributed by atoms with Crippen LogP contribution >= 0.6 is 0 Å². The lowest BCUT2D eigenvalue weighted by atomic mass is 10.1. The number of H-pyrrole nitrogens is 1. The van der Waals surface area contributed by atoms with Gasteiger partial charge in [-0.05, 0) is 24.6 Å². The lowest BCUT2D eigenvalue weighted by molar-refractivity contribution is 0.0781. The Kier molecular flexibility index (Phi) is 3.27. The summed E-state index contributed by atoms with van der Waals surface area (Å²) in [4.78, 5) is 17.5. The second-order valence-corrected chi connectivity index (χ2v) is 4.09. The minimum atomic E-state index is -0.179. The zero-order valence-electron chi connectivity index (χ0n) is 10.2. The number of hydrogen-bond acceptors (Lipinski definition) is 4. The highest BCUT2D eigenvalue weighted by atomic mass is 16.3. The number of hydrogen-bond donors (Lipinski definition) is 2. The average molecular weight is 246 g/mol. The summed E-state index contributed by atoms with van der Waals surface area (Å²) >= 11 is 0. The van der Waals surface area contributed by atoms with E-state index in [0.29, 0.717) is 17.9 Å². The van der Waals surface area contributed by atoms with Crippen molar-refractivity contribution < 1.29 is 9.90 Å². The third-order valence-electron chi connectivity index (χ3n) is 2.65. The van der Waals surface area contributed by atoms with Gasteiger partial charge in [0.05, 0.1) is 6.54 Å². The van der Waals surface area contributed by atoms with Crippen LogP contribution < -0.4 is 0 Å². The molecule has 0 spiro atoms. The van der Waals surface area contributed by atoms with E-state index in [1.54, 1.807) is 26.1 Å². The summed E-state index contributed by atoms with van der Waals surface area (Å²) in [5, 5.41) is 16.0. The van der Waals surface area contributed by atoms with E-state index in [-0.39, 0.29) is 11.7 Å². The van der Waals surface area contributed by atoms with Gasteiger partial charge in [0.2, 0.25) is 0 Å². The first kappa shape index (κ1) is 12.1. The topological polar surface area (TPSA) is 82.1 Å². The fourth-order valence-corrected chi connectivity index (χ4v) is 1.57. The second-order valence-electron chi connectivity index (χ2n) is 4.09. The molecule has 0 aliphatic heterocycles. The molecule has 0 aliphatic carbocycles. The van der Waals surface area contributed by atoms with Crippen molar-refractivity contribution in [1.29, 1.82) is 0 Å². The average Bonchev–Trinajstić information content (AvgIpc) is 2.84. The van der Waals surface area contributed by atoms with Gasteiger partial charge in [-0.3, -0.25) is 9.89 Å². The zero-order chi connectivity index (χ0) is 13.1. The standard InChI is InChI=1S/C12H14N4O2/c1-8-3-4-9(5-10(8)17)12(18)16(2)6-11-13-7-14-15-11/h3-5,7,17H,6H2,1-2H3,(H,13,14,15). The minimum Gasteiger partial charge on any atom is -0.508 e. The van der Waals surface area contributed by atoms with Gasteiger partial charge < -0.3 is 10.0 Å². The summed E-state index contributed by atoms with van der Waals surface area (Å²) in [6, 6.07) is 4.87. The predicted octanol–water partition coefficient (Wildman–Crippen LogP) is 1.09. The molecular weight excluding hydrogens is 232 g/mol. The quantitative estimate of drug-likeness (QED) is 0.849. The summed E-state index contributed by atoms with van der Waals surface area (Å²) in [5.74, 6) is 0.554. The molecule has 0 fully saturated rings. The molecule has 1 heterocycles. The van der Waals surface area contributed by atoms with Crippen molar-refractivity contribution >= 4 is 5.91 Å². The Balaban J connectivity index is 2.12. The van der Waals surface area contributed by atoms with Crippen LogP contribution in [0.1, 0.15) is 21.7 Å². The van der Waals surface area contributed by atoms with E-state index < -0.39 is 0 Å². The number of amides is 1. The maximum absolute atomic E-state index is 12.1. The molecule has 2 aromatic rings. The molecule has 0 aliphatic rings. The van der Waals surface area contributed by atoms with E-state index in [0.717, 1.165) is 5.56 Å². The number of carbonyl (C=O) groups excluding carboxylic acids is 1. The number of rotatable bonds is 3. The fraction of sp³-hybridized carbons (Fsp3) is 0.250. The van der Waals surface area contributed by atoms with Crippen LogP contribution in [0.5, 0.6) is 5.75 Å². The number of phenols is 1. The highest BCUT2D eigenvalue weighted by Gasteiger charge is 2.14. The smallest absolute Gasteiger partial charge is 0.254 e. The van der Waals surface area contributed by atoms with Crippen molar-refractivity contribution in [3.05, 3.63) is 41.5 Å². The van der Waals surface area contributed by atoms with Crippen molar-refractivity contribution in [2.45, 2.75) is 13.5 Å². The maximum atomic E-state index is 12.1. The molecule has 1 amide bonds. The van der Waals surface area contributed by atoms with Gasteiger partial charge in [-0.15, -0.1) is 0 Å². The Morgan fingerprint density at radius 3 is 2.89 bits per heavy atom. The molecule has 18 heavy (non-hydrogen) atoms. The maximum Gasteiger partial charge on any atom is 0.254 e. The Labute approximate surface area is 104 Å². The summed E-state index contributed by atoms with van der Waals surface area (Å²) < 4.78 is 0. The first-order valence-corrected chi connectivity index (χ1v) is 5.47. The Bertz CT molecular complexity index is 551. The number of aromatic nitrogens is 3. The van der Waals surface area contributed by atoms with Crippen LogP contribution in [-0.4, -0.2) is 38.1 Å². The molecule has 6 heteroatoms. The zero-order valence-corrected chi connectivity index (χ0v) is 10.2. The lowest BCUT2D eigenvalue weighted by Gasteiger charge is -2.15. The first-order valence-electron chi connectivity index (χ1n) is 5.47. The largest absolute Gasteiger partial charge is 0.508 e. The SMILES string of the molecule is Cc1ccc(C(=O)N(C)Cc2ncn[nH]2)cc1O. The molecule has 2 N–H and O–H groups in total. The van der Waals surface area contributed by atoms with Crippen molar-refractivity contribution in [1.82, 2.24) is 20.1 Å². The van der Waals surface area contributed by atoms with Crippen LogP contribution in [0.2, 0.25) is 0 Å². The molecule has 6 nitrogen and oxygen atoms in total. The van der Waals surface area contributed by atoms with Gasteiger partial charge in [-0.1, -0.05) is 6.07 Å². The van der Waals surface area contributed by atoms with Gasteiger partial charge in [0.1, 0.15) is 17.9 Å². The van der Waals surface area contributed by atoms with Crippen LogP contribution in [0.15, 0.2) is 24.5 Å². The van der Waals surface area contributed by atoms with Gasteiger partial charge in [0.25, 0.3) is 5.91 Å². The van der Waals surface area contributed by atoms with Gasteiger partial charge in [-0.2, -0.15) is 5.10 Å². The van der Waals surface area contributed by atoms with Gasteiger partial charge in [0.15, 0.2) is 0 Å². The van der Waals surface area contributed by atoms with Gasteiger partial charge in [0, 0.05) is 12.6 Å². The first-order chi connectivity index (χ1) is 8.58. The van der Waals surface area contributed by atoms with Crippen molar-refractivity contribution in [2.24, 2.45) is 0 Å². The van der Waals surface area contributed by atoms with E-state index in [2.05, 4.69) is 15.2 Å². The molecule has 2 rings (SSSR count). The molecule has 0 bridgehead atoms. The van der Waals surface area contributed by atoms with E-state index in [1.807, 2.05) is 0 Å². The van der Waals surface area contributed by atoms with Crippen LogP contribution in [0.25, 0.3) is 0 Å². The molecule has 1 aromatic heterocycles. The molecular formula is C12H14N4O2. The Morgan fingerprint density at radius 2 is 2.28 bits per heavy atom. The fourth-order valence-electron chi connectivity index (χ4n) is 1.57. The second kappa shape index (κ2) is 4.87. The third-order valence-corrected chi connectivity index (χ3v) is 2.65. The van der Waals surface area contributed by atoms with E-state index in [1.165, 1.54) is 17.3 Å². The Morgan fingerprint density at radius 1 is 1.50 bits per heavy atom. The number of nitrogens with zero attached hydrogens (tertiary/aromatic N) is 3. The van der Waals surface area contributed by atoms with Crippen molar-refractivity contribution in [3.63, 3.8) is 0 Å². The lowest BCUT2D eigenvalue weighted by Crippen LogP contribution is -2.26. The van der Waals surface area contributed by atoms with E-state index in [4.69, 9.17) is 0 Å². The normalized spacial score (nSPS) is 10.3. The number of phenolic OH excluding ortho intramolecular Hbond substituents is 1. The number of benzene rings is 1. The molecule has 0 unspecified atom stereocenters. The van der Waals surface area contributed by atoms with Gasteiger partial charge >= 0.3 is 0 Å². The van der Waals surface area contributed by atoms with Crippen molar-refractivity contribution in [2.75, 3.05) is 7.05 Å². The van der Waals surface area contributed by atoms with Crippen LogP contribution in [0.4, 0.5) is 0 Å². The minimum absolute atomic E-state index is 0.119. The number of carbonyl (C=O) groups is 1. The highest BCUT2D eigenvalue weighted by molar-refractivity contribution is 5.94. The summed E-state index contributed by atoms with van der Waals surface area (Å²) in [6.07, 6.45) is 1.39. The van der Waals surface area contributed by atoms with Crippen LogP contribution in [-0.2, 0) is 6.54 Å². The Hall–Kier alpha value is -2.37. The summed E-state index contributed by atoms with van der Waals surface area (Å²) in [5.41, 5.74) is 1.18.